The zero-order valence-electron chi connectivity index (χ0n) is 7.62. The van der Waals surface area contributed by atoms with Crippen molar-refractivity contribution >= 4 is 11.6 Å². The van der Waals surface area contributed by atoms with Gasteiger partial charge in [0.2, 0.25) is 0 Å². The van der Waals surface area contributed by atoms with Gasteiger partial charge < -0.3 is 0 Å². The lowest BCUT2D eigenvalue weighted by molar-refractivity contribution is 0.834. The molecule has 14 heavy (non-hydrogen) atoms. The molecule has 0 saturated carbocycles. The number of aromatic amines is 1. The summed E-state index contributed by atoms with van der Waals surface area (Å²) in [7, 11) is 0. The minimum Gasteiger partial charge on any atom is -0.268 e. The van der Waals surface area contributed by atoms with Crippen LogP contribution in [0.2, 0.25) is 5.02 Å². The number of nitrogens with zero attached hydrogens (tertiary/aromatic N) is 1. The van der Waals surface area contributed by atoms with Crippen LogP contribution >= 0.6 is 11.6 Å². The smallest absolute Gasteiger partial charge is 0.264 e. The highest BCUT2D eigenvalue weighted by Crippen LogP contribution is 2.14. The van der Waals surface area contributed by atoms with E-state index in [0.29, 0.717) is 5.02 Å². The summed E-state index contributed by atoms with van der Waals surface area (Å²) in [6, 6.07) is 8.86. The van der Waals surface area contributed by atoms with E-state index < -0.39 is 0 Å². The number of nitrogens with one attached hydrogen (secondary N) is 1. The summed E-state index contributed by atoms with van der Waals surface area (Å²) in [5.74, 6) is 0. The molecule has 1 heterocycles. The SMILES string of the molecule is Cc1cc(=O)[nH]n1-c1cccc(Cl)c1. The summed E-state index contributed by atoms with van der Waals surface area (Å²) in [5, 5.41) is 3.34. The van der Waals surface area contributed by atoms with Gasteiger partial charge in [0.1, 0.15) is 0 Å². The first-order valence-electron chi connectivity index (χ1n) is 4.21. The molecule has 0 aliphatic carbocycles. The monoisotopic (exact) mass is 208 g/mol. The van der Waals surface area contributed by atoms with Crippen molar-refractivity contribution in [3.8, 4) is 5.69 Å². The molecular formula is C10H9ClN2O. The first kappa shape index (κ1) is 9.09. The summed E-state index contributed by atoms with van der Waals surface area (Å²) in [6.45, 7) is 1.86. The molecule has 72 valence electrons. The Bertz CT molecular complexity index is 513. The normalized spacial score (nSPS) is 10.4. The Labute approximate surface area is 85.9 Å². The van der Waals surface area contributed by atoms with E-state index in [-0.39, 0.29) is 5.56 Å². The largest absolute Gasteiger partial charge is 0.268 e. The number of hydrogen-bond acceptors (Lipinski definition) is 1. The molecule has 1 aromatic heterocycles. The second kappa shape index (κ2) is 3.35. The lowest BCUT2D eigenvalue weighted by Gasteiger charge is -2.04. The minimum absolute atomic E-state index is 0.109. The van der Waals surface area contributed by atoms with Crippen molar-refractivity contribution in [2.75, 3.05) is 0 Å². The molecule has 0 aliphatic rings. The fourth-order valence-electron chi connectivity index (χ4n) is 1.37. The van der Waals surface area contributed by atoms with E-state index in [1.165, 1.54) is 0 Å². The maximum absolute atomic E-state index is 11.1. The van der Waals surface area contributed by atoms with Crippen LogP contribution in [0.15, 0.2) is 35.1 Å². The Balaban J connectivity index is 2.59. The molecule has 2 rings (SSSR count). The van der Waals surface area contributed by atoms with E-state index >= 15 is 0 Å². The quantitative estimate of drug-likeness (QED) is 0.766. The number of rotatable bonds is 1. The van der Waals surface area contributed by atoms with Gasteiger partial charge in [0.25, 0.3) is 5.56 Å². The Hall–Kier alpha value is -1.48. The molecule has 0 amide bonds. The van der Waals surface area contributed by atoms with E-state index in [0.717, 1.165) is 11.4 Å². The van der Waals surface area contributed by atoms with Gasteiger partial charge in [-0.2, -0.15) is 0 Å². The summed E-state index contributed by atoms with van der Waals surface area (Å²) < 4.78 is 1.70. The molecule has 2 aromatic rings. The topological polar surface area (TPSA) is 37.8 Å². The fraction of sp³-hybridized carbons (Fsp3) is 0.100. The number of aromatic nitrogens is 2. The van der Waals surface area contributed by atoms with Crippen molar-refractivity contribution in [3.05, 3.63) is 51.4 Å². The predicted octanol–water partition coefficient (Wildman–Crippen LogP) is 2.13. The van der Waals surface area contributed by atoms with E-state index in [2.05, 4.69) is 5.10 Å². The lowest BCUT2D eigenvalue weighted by Crippen LogP contribution is -2.03. The van der Waals surface area contributed by atoms with Crippen LogP contribution in [-0.2, 0) is 0 Å². The van der Waals surface area contributed by atoms with Gasteiger partial charge in [0.05, 0.1) is 5.69 Å². The van der Waals surface area contributed by atoms with Crippen molar-refractivity contribution in [1.29, 1.82) is 0 Å². The Kier molecular flexibility index (Phi) is 2.17. The zero-order valence-corrected chi connectivity index (χ0v) is 8.38. The van der Waals surface area contributed by atoms with Gasteiger partial charge in [-0.05, 0) is 25.1 Å². The van der Waals surface area contributed by atoms with E-state index in [1.807, 2.05) is 19.1 Å². The standard InChI is InChI=1S/C10H9ClN2O/c1-7-5-10(14)12-13(7)9-4-2-3-8(11)6-9/h2-6H,1H3,(H,12,14). The van der Waals surface area contributed by atoms with E-state index in [1.54, 1.807) is 22.9 Å². The molecule has 0 spiro atoms. The number of H-pyrrole nitrogens is 1. The van der Waals surface area contributed by atoms with Crippen molar-refractivity contribution in [2.24, 2.45) is 0 Å². The van der Waals surface area contributed by atoms with Gasteiger partial charge in [0.15, 0.2) is 0 Å². The second-order valence-corrected chi connectivity index (χ2v) is 3.51. The fourth-order valence-corrected chi connectivity index (χ4v) is 1.55. The molecule has 0 fully saturated rings. The van der Waals surface area contributed by atoms with Crippen molar-refractivity contribution in [3.63, 3.8) is 0 Å². The van der Waals surface area contributed by atoms with Crippen molar-refractivity contribution in [1.82, 2.24) is 9.78 Å². The second-order valence-electron chi connectivity index (χ2n) is 3.08. The number of hydrogen-bond donors (Lipinski definition) is 1. The van der Waals surface area contributed by atoms with Crippen LogP contribution in [0.1, 0.15) is 5.69 Å². The van der Waals surface area contributed by atoms with Gasteiger partial charge in [-0.25, -0.2) is 0 Å². The average Bonchev–Trinajstić information content (AvgIpc) is 2.45. The third kappa shape index (κ3) is 1.59. The molecule has 0 unspecified atom stereocenters. The van der Waals surface area contributed by atoms with Crippen molar-refractivity contribution in [2.45, 2.75) is 6.92 Å². The van der Waals surface area contributed by atoms with Gasteiger partial charge in [0, 0.05) is 16.8 Å². The first-order valence-corrected chi connectivity index (χ1v) is 4.59. The highest BCUT2D eigenvalue weighted by Gasteiger charge is 2.01. The van der Waals surface area contributed by atoms with E-state index in [4.69, 9.17) is 11.6 Å². The third-order valence-electron chi connectivity index (χ3n) is 1.98. The molecule has 3 nitrogen and oxygen atoms in total. The summed E-state index contributed by atoms with van der Waals surface area (Å²) in [5.41, 5.74) is 1.61. The van der Waals surface area contributed by atoms with Crippen LogP contribution in [0, 0.1) is 6.92 Å². The molecule has 4 heteroatoms. The van der Waals surface area contributed by atoms with Gasteiger partial charge in [-0.3, -0.25) is 14.6 Å². The average molecular weight is 209 g/mol. The summed E-state index contributed by atoms with van der Waals surface area (Å²) >= 11 is 5.85. The van der Waals surface area contributed by atoms with Gasteiger partial charge in [-0.15, -0.1) is 0 Å². The number of benzene rings is 1. The Morgan fingerprint density at radius 2 is 2.14 bits per heavy atom. The molecule has 1 N–H and O–H groups in total. The van der Waals surface area contributed by atoms with Crippen LogP contribution in [-0.4, -0.2) is 9.78 Å². The molecule has 0 saturated heterocycles. The zero-order chi connectivity index (χ0) is 10.1. The van der Waals surface area contributed by atoms with E-state index in [9.17, 15) is 4.79 Å². The first-order chi connectivity index (χ1) is 6.66. The molecule has 0 bridgehead atoms. The number of aryl methyl sites for hydroxylation is 1. The third-order valence-corrected chi connectivity index (χ3v) is 2.22. The highest BCUT2D eigenvalue weighted by molar-refractivity contribution is 6.30. The predicted molar refractivity (Wildman–Crippen MR) is 56.1 cm³/mol. The maximum atomic E-state index is 11.1. The van der Waals surface area contributed by atoms with Gasteiger partial charge in [-0.1, -0.05) is 17.7 Å². The van der Waals surface area contributed by atoms with Crippen molar-refractivity contribution < 1.29 is 0 Å². The van der Waals surface area contributed by atoms with Crippen LogP contribution < -0.4 is 5.56 Å². The van der Waals surface area contributed by atoms with Crippen LogP contribution in [0.5, 0.6) is 0 Å². The lowest BCUT2D eigenvalue weighted by atomic mass is 10.3. The Morgan fingerprint density at radius 1 is 1.36 bits per heavy atom. The molecule has 0 atom stereocenters. The van der Waals surface area contributed by atoms with Crippen LogP contribution in [0.25, 0.3) is 5.69 Å². The Morgan fingerprint density at radius 3 is 2.71 bits per heavy atom. The minimum atomic E-state index is -0.109. The maximum Gasteiger partial charge on any atom is 0.264 e. The summed E-state index contributed by atoms with van der Waals surface area (Å²) in [6.07, 6.45) is 0. The molecule has 0 radical (unpaired) electrons. The van der Waals surface area contributed by atoms with Gasteiger partial charge >= 0.3 is 0 Å². The van der Waals surface area contributed by atoms with Crippen LogP contribution in [0.3, 0.4) is 0 Å². The molecular weight excluding hydrogens is 200 g/mol. The number of halogens is 1. The molecule has 1 aromatic carbocycles. The van der Waals surface area contributed by atoms with Crippen LogP contribution in [0.4, 0.5) is 0 Å². The molecule has 0 aliphatic heterocycles. The highest BCUT2D eigenvalue weighted by atomic mass is 35.5. The summed E-state index contributed by atoms with van der Waals surface area (Å²) in [4.78, 5) is 11.1.